The van der Waals surface area contributed by atoms with Crippen molar-refractivity contribution in [2.45, 2.75) is 19.9 Å². The van der Waals surface area contributed by atoms with Gasteiger partial charge in [-0.2, -0.15) is 10.1 Å². The lowest BCUT2D eigenvalue weighted by Gasteiger charge is -2.24. The number of nitrogens with one attached hydrogen (secondary N) is 1. The van der Waals surface area contributed by atoms with Crippen LogP contribution in [0.25, 0.3) is 11.1 Å². The van der Waals surface area contributed by atoms with Gasteiger partial charge in [-0.1, -0.05) is 12.1 Å². The highest BCUT2D eigenvalue weighted by Gasteiger charge is 2.22. The van der Waals surface area contributed by atoms with Gasteiger partial charge in [-0.25, -0.2) is 0 Å². The number of nitrogens with zero attached hydrogens (tertiary/aromatic N) is 3. The average molecular weight is 254 g/mol. The van der Waals surface area contributed by atoms with E-state index in [9.17, 15) is 0 Å². The Morgan fingerprint density at radius 3 is 3.21 bits per heavy atom. The van der Waals surface area contributed by atoms with Gasteiger partial charge in [0.1, 0.15) is 5.52 Å². The van der Waals surface area contributed by atoms with Gasteiger partial charge in [-0.05, 0) is 18.6 Å². The van der Waals surface area contributed by atoms with Gasteiger partial charge in [0, 0.05) is 24.2 Å². The standard InChI is InChI=1S/C14H14N4O/c1-9-3-2-4-12-13(9)16-14(19-12)18-6-5-11-10(8-18)7-15-17-11/h2-4,7H,5-6,8H2,1H3,(H,15,17). The fourth-order valence-corrected chi connectivity index (χ4v) is 2.60. The molecule has 0 fully saturated rings. The maximum Gasteiger partial charge on any atom is 0.298 e. The van der Waals surface area contributed by atoms with Gasteiger partial charge in [0.15, 0.2) is 5.58 Å². The molecule has 0 unspecified atom stereocenters. The molecule has 1 aliphatic heterocycles. The molecule has 0 spiro atoms. The summed E-state index contributed by atoms with van der Waals surface area (Å²) >= 11 is 0. The molecule has 96 valence electrons. The van der Waals surface area contributed by atoms with Crippen molar-refractivity contribution in [1.82, 2.24) is 15.2 Å². The van der Waals surface area contributed by atoms with E-state index in [-0.39, 0.29) is 0 Å². The summed E-state index contributed by atoms with van der Waals surface area (Å²) < 4.78 is 5.86. The van der Waals surface area contributed by atoms with Gasteiger partial charge in [0.25, 0.3) is 6.01 Å². The molecule has 1 aromatic carbocycles. The van der Waals surface area contributed by atoms with Crippen molar-refractivity contribution >= 4 is 17.1 Å². The highest BCUT2D eigenvalue weighted by atomic mass is 16.4. The molecule has 19 heavy (non-hydrogen) atoms. The Labute approximate surface area is 110 Å². The summed E-state index contributed by atoms with van der Waals surface area (Å²) in [6, 6.07) is 6.72. The molecule has 0 amide bonds. The Morgan fingerprint density at radius 2 is 2.32 bits per heavy atom. The lowest BCUT2D eigenvalue weighted by Crippen LogP contribution is -2.30. The van der Waals surface area contributed by atoms with Crippen molar-refractivity contribution < 1.29 is 4.42 Å². The fraction of sp³-hybridized carbons (Fsp3) is 0.286. The maximum atomic E-state index is 5.86. The first-order valence-corrected chi connectivity index (χ1v) is 6.43. The van der Waals surface area contributed by atoms with Crippen molar-refractivity contribution in [3.63, 3.8) is 0 Å². The molecular formula is C14H14N4O. The summed E-state index contributed by atoms with van der Waals surface area (Å²) in [6.45, 7) is 3.76. The van der Waals surface area contributed by atoms with Crippen LogP contribution >= 0.6 is 0 Å². The van der Waals surface area contributed by atoms with E-state index in [4.69, 9.17) is 4.42 Å². The summed E-state index contributed by atoms with van der Waals surface area (Å²) in [6.07, 6.45) is 2.84. The average Bonchev–Trinajstić information content (AvgIpc) is 3.04. The number of fused-ring (bicyclic) bond motifs is 2. The first-order chi connectivity index (χ1) is 9.31. The Bertz CT molecular complexity index is 743. The smallest absolute Gasteiger partial charge is 0.298 e. The quantitative estimate of drug-likeness (QED) is 0.724. The summed E-state index contributed by atoms with van der Waals surface area (Å²) in [5.41, 5.74) is 5.41. The highest BCUT2D eigenvalue weighted by Crippen LogP contribution is 2.27. The predicted octanol–water partition coefficient (Wildman–Crippen LogP) is 2.42. The predicted molar refractivity (Wildman–Crippen MR) is 72.1 cm³/mol. The van der Waals surface area contributed by atoms with Crippen molar-refractivity contribution in [2.75, 3.05) is 11.4 Å². The van der Waals surface area contributed by atoms with Crippen LogP contribution in [0.15, 0.2) is 28.8 Å². The first kappa shape index (κ1) is 10.6. The van der Waals surface area contributed by atoms with Crippen molar-refractivity contribution in [3.05, 3.63) is 41.2 Å². The second-order valence-corrected chi connectivity index (χ2v) is 4.96. The van der Waals surface area contributed by atoms with Gasteiger partial charge in [0.05, 0.1) is 12.7 Å². The third-order valence-electron chi connectivity index (χ3n) is 3.68. The van der Waals surface area contributed by atoms with Gasteiger partial charge in [0.2, 0.25) is 0 Å². The number of para-hydroxylation sites is 1. The van der Waals surface area contributed by atoms with Crippen LogP contribution in [0, 0.1) is 6.92 Å². The minimum absolute atomic E-state index is 0.705. The Kier molecular flexibility index (Phi) is 2.15. The number of H-pyrrole nitrogens is 1. The minimum atomic E-state index is 0.705. The van der Waals surface area contributed by atoms with Crippen LogP contribution in [0.4, 0.5) is 6.01 Å². The molecule has 1 N–H and O–H groups in total. The van der Waals surface area contributed by atoms with Gasteiger partial charge in [-0.15, -0.1) is 0 Å². The summed E-state index contributed by atoms with van der Waals surface area (Å²) in [5, 5.41) is 7.12. The monoisotopic (exact) mass is 254 g/mol. The minimum Gasteiger partial charge on any atom is -0.423 e. The van der Waals surface area contributed by atoms with E-state index < -0.39 is 0 Å². The fourth-order valence-electron chi connectivity index (χ4n) is 2.60. The van der Waals surface area contributed by atoms with E-state index in [0.717, 1.165) is 36.2 Å². The molecule has 2 aromatic heterocycles. The van der Waals surface area contributed by atoms with Crippen LogP contribution in [-0.2, 0) is 13.0 Å². The van der Waals surface area contributed by atoms with Crippen molar-refractivity contribution in [1.29, 1.82) is 0 Å². The molecule has 0 saturated carbocycles. The number of rotatable bonds is 1. The van der Waals surface area contributed by atoms with Gasteiger partial charge >= 0.3 is 0 Å². The second kappa shape index (κ2) is 3.85. The molecule has 4 rings (SSSR count). The van der Waals surface area contributed by atoms with E-state index in [1.54, 1.807) is 0 Å². The number of oxazole rings is 1. The Hall–Kier alpha value is -2.30. The van der Waals surface area contributed by atoms with Crippen molar-refractivity contribution in [2.24, 2.45) is 0 Å². The van der Waals surface area contributed by atoms with E-state index in [1.807, 2.05) is 18.3 Å². The van der Waals surface area contributed by atoms with Gasteiger partial charge < -0.3 is 9.32 Å². The van der Waals surface area contributed by atoms with Gasteiger partial charge in [-0.3, -0.25) is 5.10 Å². The maximum absolute atomic E-state index is 5.86. The summed E-state index contributed by atoms with van der Waals surface area (Å²) in [5.74, 6) is 0. The number of aryl methyl sites for hydroxylation is 1. The Balaban J connectivity index is 1.74. The topological polar surface area (TPSA) is 58.0 Å². The van der Waals surface area contributed by atoms with Crippen LogP contribution < -0.4 is 4.90 Å². The van der Waals surface area contributed by atoms with E-state index in [1.165, 1.54) is 11.3 Å². The molecular weight excluding hydrogens is 240 g/mol. The van der Waals surface area contributed by atoms with Crippen molar-refractivity contribution in [3.8, 4) is 0 Å². The molecule has 3 aromatic rings. The molecule has 3 heterocycles. The molecule has 0 aliphatic carbocycles. The second-order valence-electron chi connectivity index (χ2n) is 4.96. The third-order valence-corrected chi connectivity index (χ3v) is 3.68. The zero-order chi connectivity index (χ0) is 12.8. The first-order valence-electron chi connectivity index (χ1n) is 6.43. The molecule has 0 radical (unpaired) electrons. The molecule has 0 bridgehead atoms. The van der Waals surface area contributed by atoms with E-state index in [0.29, 0.717) is 6.01 Å². The zero-order valence-electron chi connectivity index (χ0n) is 10.7. The third kappa shape index (κ3) is 1.62. The summed E-state index contributed by atoms with van der Waals surface area (Å²) in [4.78, 5) is 6.79. The Morgan fingerprint density at radius 1 is 1.37 bits per heavy atom. The number of anilines is 1. The SMILES string of the molecule is Cc1cccc2oc(N3CCc4[nH]ncc4C3)nc12. The van der Waals surface area contributed by atoms with Crippen LogP contribution in [0.3, 0.4) is 0 Å². The summed E-state index contributed by atoms with van der Waals surface area (Å²) in [7, 11) is 0. The molecule has 1 aliphatic rings. The number of hydrogen-bond acceptors (Lipinski definition) is 4. The number of aromatic nitrogens is 3. The highest BCUT2D eigenvalue weighted by molar-refractivity contribution is 5.78. The van der Waals surface area contributed by atoms with Crippen LogP contribution in [0.1, 0.15) is 16.8 Å². The lowest BCUT2D eigenvalue weighted by molar-refractivity contribution is 0.553. The van der Waals surface area contributed by atoms with Crippen LogP contribution in [0.2, 0.25) is 0 Å². The van der Waals surface area contributed by atoms with Crippen LogP contribution in [0.5, 0.6) is 0 Å². The normalized spacial score (nSPS) is 14.9. The largest absolute Gasteiger partial charge is 0.423 e. The number of aromatic amines is 1. The van der Waals surface area contributed by atoms with Crippen LogP contribution in [-0.4, -0.2) is 21.7 Å². The molecule has 5 heteroatoms. The molecule has 0 atom stereocenters. The van der Waals surface area contributed by atoms with E-state index >= 15 is 0 Å². The lowest BCUT2D eigenvalue weighted by atomic mass is 10.1. The number of benzene rings is 1. The number of hydrogen-bond donors (Lipinski definition) is 1. The molecule has 5 nitrogen and oxygen atoms in total. The zero-order valence-corrected chi connectivity index (χ0v) is 10.7. The molecule has 0 saturated heterocycles. The van der Waals surface area contributed by atoms with E-state index in [2.05, 4.69) is 33.1 Å².